The third-order valence-electron chi connectivity index (χ3n) is 9.40. The number of carboxylic acid groups (broad SMARTS) is 1. The van der Waals surface area contributed by atoms with E-state index in [1.807, 2.05) is 24.3 Å². The van der Waals surface area contributed by atoms with Crippen LogP contribution in [0.15, 0.2) is 83.9 Å². The molecule has 49 heavy (non-hydrogen) atoms. The molecule has 1 atom stereocenters. The summed E-state index contributed by atoms with van der Waals surface area (Å²) in [5.74, 6) is -0.318. The average Bonchev–Trinajstić information content (AvgIpc) is 3.45. The van der Waals surface area contributed by atoms with E-state index in [0.717, 1.165) is 56.3 Å². The minimum atomic E-state index is -1.18. The Kier molecular flexibility index (Phi) is 11.3. The molecule has 2 fully saturated rings. The SMILES string of the molecule is COc1ccc(C(=O)NC2(C(=O)N[C@H](C(=O)O)c3ccccc3)CCCCC2)cc1.COc1ccc(C2=NC3(CCCCC3)C(=O)O2)cc1. The Hall–Kier alpha value is -5.19. The number of aliphatic carboxylic acids is 1. The fraction of sp³-hybridized carbons (Fsp3) is 0.395. The lowest BCUT2D eigenvalue weighted by Crippen LogP contribution is -2.60. The van der Waals surface area contributed by atoms with Crippen LogP contribution in [0.25, 0.3) is 0 Å². The van der Waals surface area contributed by atoms with Crippen LogP contribution in [0.1, 0.15) is 91.7 Å². The predicted octanol–water partition coefficient (Wildman–Crippen LogP) is 5.77. The number of ether oxygens (including phenoxy) is 3. The number of nitrogens with one attached hydrogen (secondary N) is 2. The minimum absolute atomic E-state index is 0.182. The van der Waals surface area contributed by atoms with Gasteiger partial charge in [0.25, 0.3) is 5.91 Å². The third kappa shape index (κ3) is 8.28. The van der Waals surface area contributed by atoms with Crippen molar-refractivity contribution in [2.45, 2.75) is 81.3 Å². The van der Waals surface area contributed by atoms with Crippen molar-refractivity contribution in [2.24, 2.45) is 4.99 Å². The number of carbonyl (C=O) groups excluding carboxylic acids is 3. The largest absolute Gasteiger partial charge is 0.497 e. The minimum Gasteiger partial charge on any atom is -0.497 e. The standard InChI is InChI=1S/C23H26N2O5.C15H17NO3/c1-30-18-12-10-17(11-13-18)20(26)25-23(14-6-3-7-15-23)22(29)24-19(21(27)28)16-8-4-2-5-9-16;1-18-12-7-5-11(6-8-12)13-16-15(14(17)19-13)9-3-2-4-10-15/h2,4-5,8-13,19H,3,6-7,14-15H2,1H3,(H,24,29)(H,25,26)(H,27,28);5-8H,2-4,9-10H2,1H3/t19-;/m0./s1. The molecule has 11 heteroatoms. The molecule has 258 valence electrons. The molecule has 3 aromatic carbocycles. The van der Waals surface area contributed by atoms with Crippen LogP contribution in [0, 0.1) is 0 Å². The van der Waals surface area contributed by atoms with Gasteiger partial charge in [-0.3, -0.25) is 9.59 Å². The highest BCUT2D eigenvalue weighted by molar-refractivity contribution is 6.08. The quantitative estimate of drug-likeness (QED) is 0.243. The number of rotatable bonds is 9. The molecule has 2 amide bonds. The fourth-order valence-corrected chi connectivity index (χ4v) is 6.55. The predicted molar refractivity (Wildman–Crippen MR) is 183 cm³/mol. The summed E-state index contributed by atoms with van der Waals surface area (Å²) >= 11 is 0. The number of carbonyl (C=O) groups is 4. The molecule has 0 radical (unpaired) electrons. The second kappa shape index (κ2) is 15.8. The average molecular weight is 670 g/mol. The Morgan fingerprint density at radius 2 is 1.33 bits per heavy atom. The summed E-state index contributed by atoms with van der Waals surface area (Å²) in [6.45, 7) is 0. The number of benzene rings is 3. The molecule has 3 N–H and O–H groups in total. The van der Waals surface area contributed by atoms with Crippen LogP contribution >= 0.6 is 0 Å². The van der Waals surface area contributed by atoms with Crippen molar-refractivity contribution in [1.29, 1.82) is 0 Å². The first-order valence-corrected chi connectivity index (χ1v) is 16.7. The lowest BCUT2D eigenvalue weighted by atomic mass is 9.80. The van der Waals surface area contributed by atoms with E-state index in [1.165, 1.54) is 6.42 Å². The monoisotopic (exact) mass is 669 g/mol. The first-order chi connectivity index (χ1) is 23.7. The van der Waals surface area contributed by atoms with Crippen molar-refractivity contribution in [3.8, 4) is 11.5 Å². The van der Waals surface area contributed by atoms with Gasteiger partial charge in [0.15, 0.2) is 11.6 Å². The van der Waals surface area contributed by atoms with Gasteiger partial charge >= 0.3 is 11.9 Å². The van der Waals surface area contributed by atoms with E-state index in [4.69, 9.17) is 14.2 Å². The van der Waals surface area contributed by atoms with Gasteiger partial charge in [-0.25, -0.2) is 14.6 Å². The van der Waals surface area contributed by atoms with Crippen LogP contribution in [0.4, 0.5) is 0 Å². The molecular formula is C38H43N3O8. The van der Waals surface area contributed by atoms with E-state index in [2.05, 4.69) is 15.6 Å². The Labute approximate surface area is 286 Å². The Bertz CT molecular complexity index is 1640. The topological polar surface area (TPSA) is 153 Å². The molecule has 1 heterocycles. The van der Waals surface area contributed by atoms with Crippen LogP contribution in [0.3, 0.4) is 0 Å². The Morgan fingerprint density at radius 3 is 1.88 bits per heavy atom. The number of carboxylic acids is 1. The number of nitrogens with zero attached hydrogens (tertiary/aromatic N) is 1. The maximum atomic E-state index is 13.3. The highest BCUT2D eigenvalue weighted by Gasteiger charge is 2.46. The van der Waals surface area contributed by atoms with Gasteiger partial charge in [-0.05, 0) is 79.8 Å². The number of aliphatic imine (C=N–C) groups is 1. The molecule has 0 saturated heterocycles. The molecule has 6 rings (SSSR count). The lowest BCUT2D eigenvalue weighted by molar-refractivity contribution is -0.143. The number of esters is 1. The summed E-state index contributed by atoms with van der Waals surface area (Å²) in [7, 11) is 3.17. The molecule has 3 aliphatic rings. The summed E-state index contributed by atoms with van der Waals surface area (Å²) in [4.78, 5) is 54.6. The van der Waals surface area contributed by atoms with Crippen LogP contribution in [0.5, 0.6) is 11.5 Å². The van der Waals surface area contributed by atoms with E-state index in [0.29, 0.717) is 35.6 Å². The van der Waals surface area contributed by atoms with Crippen LogP contribution in [-0.4, -0.2) is 60.1 Å². The van der Waals surface area contributed by atoms with E-state index in [9.17, 15) is 24.3 Å². The zero-order chi connectivity index (χ0) is 34.9. The van der Waals surface area contributed by atoms with E-state index in [-0.39, 0.29) is 11.9 Å². The van der Waals surface area contributed by atoms with Crippen LogP contribution in [-0.2, 0) is 19.1 Å². The normalized spacial score (nSPS) is 18.1. The number of cyclic esters (lactones) is 1. The van der Waals surface area contributed by atoms with Gasteiger partial charge in [-0.1, -0.05) is 68.9 Å². The molecule has 2 aliphatic carbocycles. The number of hydrogen-bond acceptors (Lipinski definition) is 8. The van der Waals surface area contributed by atoms with Gasteiger partial charge in [0.1, 0.15) is 17.0 Å². The second-order valence-electron chi connectivity index (χ2n) is 12.6. The van der Waals surface area contributed by atoms with Crippen LogP contribution < -0.4 is 20.1 Å². The summed E-state index contributed by atoms with van der Waals surface area (Å²) < 4.78 is 15.6. The Balaban J connectivity index is 0.000000211. The maximum absolute atomic E-state index is 13.3. The first-order valence-electron chi connectivity index (χ1n) is 16.7. The fourth-order valence-electron chi connectivity index (χ4n) is 6.55. The number of hydrogen-bond donors (Lipinski definition) is 3. The number of amides is 2. The highest BCUT2D eigenvalue weighted by atomic mass is 16.6. The summed E-state index contributed by atoms with van der Waals surface area (Å²) in [5.41, 5.74) is -0.0283. The van der Waals surface area contributed by atoms with Gasteiger partial charge in [0, 0.05) is 11.1 Å². The van der Waals surface area contributed by atoms with Gasteiger partial charge < -0.3 is 30.0 Å². The number of methoxy groups -OCH3 is 2. The van der Waals surface area contributed by atoms with Crippen molar-refractivity contribution in [1.82, 2.24) is 10.6 Å². The summed E-state index contributed by atoms with van der Waals surface area (Å²) in [6, 6.07) is 21.4. The van der Waals surface area contributed by atoms with E-state index < -0.39 is 29.0 Å². The highest BCUT2D eigenvalue weighted by Crippen LogP contribution is 2.37. The van der Waals surface area contributed by atoms with Crippen molar-refractivity contribution < 1.29 is 38.5 Å². The van der Waals surface area contributed by atoms with Crippen molar-refractivity contribution in [3.05, 3.63) is 95.6 Å². The van der Waals surface area contributed by atoms with Gasteiger partial charge in [-0.2, -0.15) is 0 Å². The molecule has 0 bridgehead atoms. The van der Waals surface area contributed by atoms with Gasteiger partial charge in [0.2, 0.25) is 11.8 Å². The summed E-state index contributed by atoms with van der Waals surface area (Å²) in [5, 5.41) is 15.2. The molecular weight excluding hydrogens is 626 g/mol. The van der Waals surface area contributed by atoms with E-state index >= 15 is 0 Å². The molecule has 11 nitrogen and oxygen atoms in total. The third-order valence-corrected chi connectivity index (χ3v) is 9.40. The molecule has 0 unspecified atom stereocenters. The van der Waals surface area contributed by atoms with Crippen molar-refractivity contribution in [2.75, 3.05) is 14.2 Å². The Morgan fingerprint density at radius 1 is 0.776 bits per heavy atom. The molecule has 1 aliphatic heterocycles. The first kappa shape index (κ1) is 35.1. The summed E-state index contributed by atoms with van der Waals surface area (Å²) in [6.07, 6.45) is 8.35. The lowest BCUT2D eigenvalue weighted by Gasteiger charge is -2.37. The zero-order valence-corrected chi connectivity index (χ0v) is 27.9. The zero-order valence-electron chi connectivity index (χ0n) is 27.9. The molecule has 3 aromatic rings. The molecule has 0 aromatic heterocycles. The smallest absolute Gasteiger partial charge is 0.340 e. The second-order valence-corrected chi connectivity index (χ2v) is 12.6. The molecule has 2 saturated carbocycles. The van der Waals surface area contributed by atoms with Gasteiger partial charge in [0.05, 0.1) is 14.2 Å². The van der Waals surface area contributed by atoms with Gasteiger partial charge in [-0.15, -0.1) is 0 Å². The van der Waals surface area contributed by atoms with E-state index in [1.54, 1.807) is 68.8 Å². The molecule has 1 spiro atoms. The maximum Gasteiger partial charge on any atom is 0.340 e. The van der Waals surface area contributed by atoms with Crippen molar-refractivity contribution >= 4 is 29.7 Å². The van der Waals surface area contributed by atoms with Crippen molar-refractivity contribution in [3.63, 3.8) is 0 Å². The van der Waals surface area contributed by atoms with Crippen LogP contribution in [0.2, 0.25) is 0 Å².